The van der Waals surface area contributed by atoms with Crippen LogP contribution in [0.2, 0.25) is 0 Å². The molecule has 0 spiro atoms. The zero-order valence-corrected chi connectivity index (χ0v) is 9.62. The average Bonchev–Trinajstić information content (AvgIpc) is 2.15. The molecule has 0 radical (unpaired) electrons. The van der Waals surface area contributed by atoms with Gasteiger partial charge in [0.15, 0.2) is 0 Å². The third kappa shape index (κ3) is 1.84. The largest absolute Gasteiger partial charge is 0.399 e. The van der Waals surface area contributed by atoms with Gasteiger partial charge in [0.2, 0.25) is 0 Å². The smallest absolute Gasteiger partial charge is 0.0448 e. The standard InChI is InChI=1S/C13H18N2/c1-13(2,3)15-8-4-5-10-9-11(14)6-7-12(10)15/h4-7,9H,8,14H2,1-3H3. The van der Waals surface area contributed by atoms with E-state index in [0.717, 1.165) is 12.2 Å². The van der Waals surface area contributed by atoms with Crippen LogP contribution in [-0.2, 0) is 0 Å². The predicted molar refractivity (Wildman–Crippen MR) is 67.0 cm³/mol. The summed E-state index contributed by atoms with van der Waals surface area (Å²) in [7, 11) is 0. The van der Waals surface area contributed by atoms with E-state index < -0.39 is 0 Å². The molecule has 0 atom stereocenters. The van der Waals surface area contributed by atoms with Crippen molar-refractivity contribution in [1.82, 2.24) is 0 Å². The number of anilines is 2. The summed E-state index contributed by atoms with van der Waals surface area (Å²) in [6.07, 6.45) is 4.33. The van der Waals surface area contributed by atoms with E-state index in [9.17, 15) is 0 Å². The first-order valence-corrected chi connectivity index (χ1v) is 5.32. The van der Waals surface area contributed by atoms with Gasteiger partial charge in [-0.1, -0.05) is 12.2 Å². The Morgan fingerprint density at radius 2 is 2.00 bits per heavy atom. The summed E-state index contributed by atoms with van der Waals surface area (Å²) in [4.78, 5) is 2.39. The molecular formula is C13H18N2. The average molecular weight is 202 g/mol. The number of nitrogens with zero attached hydrogens (tertiary/aromatic N) is 1. The molecule has 0 bridgehead atoms. The van der Waals surface area contributed by atoms with Gasteiger partial charge in [-0.3, -0.25) is 0 Å². The second-order valence-corrected chi connectivity index (χ2v) is 5.00. The van der Waals surface area contributed by atoms with Gasteiger partial charge >= 0.3 is 0 Å². The minimum Gasteiger partial charge on any atom is -0.399 e. The number of fused-ring (bicyclic) bond motifs is 1. The van der Waals surface area contributed by atoms with Crippen molar-refractivity contribution in [3.05, 3.63) is 29.8 Å². The van der Waals surface area contributed by atoms with Crippen LogP contribution in [0.5, 0.6) is 0 Å². The Kier molecular flexibility index (Phi) is 2.22. The summed E-state index contributed by atoms with van der Waals surface area (Å²) >= 11 is 0. The molecule has 0 amide bonds. The van der Waals surface area contributed by atoms with Gasteiger partial charge in [0, 0.05) is 23.5 Å². The SMILES string of the molecule is CC(C)(C)N1CC=Cc2cc(N)ccc21. The molecule has 1 aliphatic rings. The van der Waals surface area contributed by atoms with Crippen molar-refractivity contribution >= 4 is 17.5 Å². The first kappa shape index (κ1) is 10.1. The summed E-state index contributed by atoms with van der Waals surface area (Å²) in [5.74, 6) is 0. The number of nitrogen functional groups attached to an aromatic ring is 1. The molecule has 0 unspecified atom stereocenters. The highest BCUT2D eigenvalue weighted by Crippen LogP contribution is 2.32. The summed E-state index contributed by atoms with van der Waals surface area (Å²) in [6.45, 7) is 7.66. The molecule has 0 aliphatic carbocycles. The van der Waals surface area contributed by atoms with E-state index in [1.54, 1.807) is 0 Å². The first-order chi connectivity index (χ1) is 6.98. The van der Waals surface area contributed by atoms with E-state index in [0.29, 0.717) is 0 Å². The van der Waals surface area contributed by atoms with Crippen LogP contribution in [0.15, 0.2) is 24.3 Å². The lowest BCUT2D eigenvalue weighted by molar-refractivity contribution is 0.521. The van der Waals surface area contributed by atoms with E-state index in [1.165, 1.54) is 11.3 Å². The Hall–Kier alpha value is -1.44. The van der Waals surface area contributed by atoms with Crippen LogP contribution < -0.4 is 10.6 Å². The van der Waals surface area contributed by atoms with E-state index in [2.05, 4.69) is 43.9 Å². The molecule has 2 rings (SSSR count). The molecule has 1 aromatic rings. The van der Waals surface area contributed by atoms with Crippen molar-refractivity contribution in [1.29, 1.82) is 0 Å². The highest BCUT2D eigenvalue weighted by molar-refractivity contribution is 5.74. The Balaban J connectivity index is 2.48. The molecule has 0 fully saturated rings. The van der Waals surface area contributed by atoms with Crippen molar-refractivity contribution < 1.29 is 0 Å². The van der Waals surface area contributed by atoms with Gasteiger partial charge in [0.1, 0.15) is 0 Å². The van der Waals surface area contributed by atoms with E-state index in [-0.39, 0.29) is 5.54 Å². The van der Waals surface area contributed by atoms with Crippen molar-refractivity contribution in [3.8, 4) is 0 Å². The zero-order valence-electron chi connectivity index (χ0n) is 9.62. The maximum Gasteiger partial charge on any atom is 0.0448 e. The van der Waals surface area contributed by atoms with Crippen LogP contribution in [0.25, 0.3) is 6.08 Å². The lowest BCUT2D eigenvalue weighted by atomic mass is 9.99. The van der Waals surface area contributed by atoms with Gasteiger partial charge in [-0.15, -0.1) is 0 Å². The lowest BCUT2D eigenvalue weighted by Gasteiger charge is -2.39. The highest BCUT2D eigenvalue weighted by atomic mass is 15.2. The number of nitrogens with two attached hydrogens (primary N) is 1. The maximum atomic E-state index is 5.78. The minimum absolute atomic E-state index is 0.148. The zero-order chi connectivity index (χ0) is 11.1. The third-order valence-electron chi connectivity index (χ3n) is 2.74. The molecule has 0 saturated carbocycles. The number of hydrogen-bond acceptors (Lipinski definition) is 2. The molecule has 1 aromatic carbocycles. The van der Waals surface area contributed by atoms with Crippen LogP contribution in [0.1, 0.15) is 26.3 Å². The summed E-state index contributed by atoms with van der Waals surface area (Å²) in [6, 6.07) is 6.11. The van der Waals surface area contributed by atoms with Crippen LogP contribution in [0, 0.1) is 0 Å². The van der Waals surface area contributed by atoms with Gasteiger partial charge in [-0.05, 0) is 44.5 Å². The minimum atomic E-state index is 0.148. The fourth-order valence-electron chi connectivity index (χ4n) is 1.97. The summed E-state index contributed by atoms with van der Waals surface area (Å²) < 4.78 is 0. The molecule has 2 nitrogen and oxygen atoms in total. The molecule has 15 heavy (non-hydrogen) atoms. The molecule has 2 N–H and O–H groups in total. The fraction of sp³-hybridized carbons (Fsp3) is 0.385. The van der Waals surface area contributed by atoms with Crippen molar-refractivity contribution in [2.45, 2.75) is 26.3 Å². The molecule has 1 aliphatic heterocycles. The van der Waals surface area contributed by atoms with Gasteiger partial charge < -0.3 is 10.6 Å². The molecular weight excluding hydrogens is 184 g/mol. The monoisotopic (exact) mass is 202 g/mol. The van der Waals surface area contributed by atoms with Crippen LogP contribution in [0.4, 0.5) is 11.4 Å². The topological polar surface area (TPSA) is 29.3 Å². The Bertz CT molecular complexity index is 399. The van der Waals surface area contributed by atoms with Crippen LogP contribution in [0.3, 0.4) is 0 Å². The van der Waals surface area contributed by atoms with Crippen LogP contribution in [-0.4, -0.2) is 12.1 Å². The van der Waals surface area contributed by atoms with Gasteiger partial charge in [-0.25, -0.2) is 0 Å². The van der Waals surface area contributed by atoms with Crippen molar-refractivity contribution in [2.75, 3.05) is 17.2 Å². The van der Waals surface area contributed by atoms with Crippen molar-refractivity contribution in [2.24, 2.45) is 0 Å². The highest BCUT2D eigenvalue weighted by Gasteiger charge is 2.24. The molecule has 2 heteroatoms. The summed E-state index contributed by atoms with van der Waals surface area (Å²) in [5, 5.41) is 0. The molecule has 1 heterocycles. The Labute approximate surface area is 91.4 Å². The van der Waals surface area contributed by atoms with Gasteiger partial charge in [0.05, 0.1) is 0 Å². The van der Waals surface area contributed by atoms with E-state index in [1.807, 2.05) is 12.1 Å². The molecule has 0 saturated heterocycles. The van der Waals surface area contributed by atoms with Gasteiger partial charge in [-0.2, -0.15) is 0 Å². The molecule has 80 valence electrons. The quantitative estimate of drug-likeness (QED) is 0.655. The number of benzene rings is 1. The van der Waals surface area contributed by atoms with Crippen molar-refractivity contribution in [3.63, 3.8) is 0 Å². The first-order valence-electron chi connectivity index (χ1n) is 5.32. The second-order valence-electron chi connectivity index (χ2n) is 5.00. The Morgan fingerprint density at radius 3 is 2.67 bits per heavy atom. The lowest BCUT2D eigenvalue weighted by Crippen LogP contribution is -2.42. The van der Waals surface area contributed by atoms with Crippen LogP contribution >= 0.6 is 0 Å². The normalized spacial score (nSPS) is 15.3. The maximum absolute atomic E-state index is 5.78. The fourth-order valence-corrected chi connectivity index (χ4v) is 1.97. The number of hydrogen-bond donors (Lipinski definition) is 1. The van der Waals surface area contributed by atoms with E-state index >= 15 is 0 Å². The molecule has 0 aromatic heterocycles. The number of rotatable bonds is 0. The summed E-state index contributed by atoms with van der Waals surface area (Å²) in [5.41, 5.74) is 9.26. The van der Waals surface area contributed by atoms with Gasteiger partial charge in [0.25, 0.3) is 0 Å². The predicted octanol–water partition coefficient (Wildman–Crippen LogP) is 2.90. The van der Waals surface area contributed by atoms with E-state index in [4.69, 9.17) is 5.73 Å². The second kappa shape index (κ2) is 3.30. The third-order valence-corrected chi connectivity index (χ3v) is 2.74. The Morgan fingerprint density at radius 1 is 1.27 bits per heavy atom.